The van der Waals surface area contributed by atoms with E-state index in [1.807, 2.05) is 0 Å². The Bertz CT molecular complexity index is 978. The summed E-state index contributed by atoms with van der Waals surface area (Å²) < 4.78 is 49.9. The highest BCUT2D eigenvalue weighted by atomic mass is 32.2. The van der Waals surface area contributed by atoms with Gasteiger partial charge in [0.1, 0.15) is 10.6 Å². The van der Waals surface area contributed by atoms with Gasteiger partial charge in [-0.05, 0) is 54.7 Å². The first-order valence-corrected chi connectivity index (χ1v) is 10.8. The van der Waals surface area contributed by atoms with Crippen molar-refractivity contribution in [1.29, 1.82) is 0 Å². The average Bonchev–Trinajstić information content (AvgIpc) is 2.62. The summed E-state index contributed by atoms with van der Waals surface area (Å²) in [6.07, 6.45) is 1.56. The molecule has 5 nitrogen and oxygen atoms in total. The van der Waals surface area contributed by atoms with E-state index < -0.39 is 21.7 Å². The van der Waals surface area contributed by atoms with Gasteiger partial charge in [0.05, 0.1) is 0 Å². The van der Waals surface area contributed by atoms with E-state index in [0.717, 1.165) is 11.8 Å². The zero-order valence-corrected chi connectivity index (χ0v) is 16.1. The molecule has 3 rings (SSSR count). The molecule has 0 unspecified atom stereocenters. The van der Waals surface area contributed by atoms with Crippen molar-refractivity contribution in [3.05, 3.63) is 53.6 Å². The van der Waals surface area contributed by atoms with Crippen molar-refractivity contribution < 1.29 is 27.1 Å². The van der Waals surface area contributed by atoms with Gasteiger partial charge >= 0.3 is 0 Å². The molecule has 1 saturated carbocycles. The fourth-order valence-electron chi connectivity index (χ4n) is 3.37. The van der Waals surface area contributed by atoms with E-state index in [2.05, 4.69) is 5.32 Å². The topological polar surface area (TPSA) is 83.5 Å². The molecule has 0 aromatic heterocycles. The van der Waals surface area contributed by atoms with E-state index in [-0.39, 0.29) is 35.1 Å². The Morgan fingerprint density at radius 1 is 1.11 bits per heavy atom. The molecular formula is C20H21F2NO4S. The van der Waals surface area contributed by atoms with Gasteiger partial charge in [-0.1, -0.05) is 12.1 Å². The van der Waals surface area contributed by atoms with E-state index in [1.165, 1.54) is 18.2 Å². The summed E-state index contributed by atoms with van der Waals surface area (Å²) in [5, 5.41) is 12.3. The van der Waals surface area contributed by atoms with E-state index in [0.29, 0.717) is 18.4 Å². The number of anilines is 1. The maximum absolute atomic E-state index is 13.3. The summed E-state index contributed by atoms with van der Waals surface area (Å²) in [4.78, 5) is 12.1. The lowest BCUT2D eigenvalue weighted by Gasteiger charge is -2.28. The largest absolute Gasteiger partial charge is 0.507 e. The van der Waals surface area contributed by atoms with Gasteiger partial charge in [0.2, 0.25) is 5.92 Å². The van der Waals surface area contributed by atoms with E-state index >= 15 is 0 Å². The summed E-state index contributed by atoms with van der Waals surface area (Å²) in [6.45, 7) is 0. The number of phenolic OH excluding ortho intramolecular Hbond substituents is 1. The number of rotatable bonds is 4. The Morgan fingerprint density at radius 3 is 2.29 bits per heavy atom. The van der Waals surface area contributed by atoms with Crippen LogP contribution in [0.15, 0.2) is 47.4 Å². The molecule has 0 aliphatic heterocycles. The molecule has 0 radical (unpaired) electrons. The zero-order chi connectivity index (χ0) is 20.5. The normalized spacial score (nSPS) is 17.2. The molecule has 0 atom stereocenters. The van der Waals surface area contributed by atoms with Crippen LogP contribution in [0.2, 0.25) is 0 Å². The zero-order valence-electron chi connectivity index (χ0n) is 15.3. The number of amides is 1. The average molecular weight is 409 g/mol. The van der Waals surface area contributed by atoms with E-state index in [1.54, 1.807) is 24.3 Å². The molecule has 28 heavy (non-hydrogen) atoms. The number of alkyl halides is 2. The van der Waals surface area contributed by atoms with Crippen LogP contribution in [-0.2, 0) is 9.84 Å². The Kier molecular flexibility index (Phi) is 5.43. The van der Waals surface area contributed by atoms with Crippen molar-refractivity contribution >= 4 is 21.4 Å². The highest BCUT2D eigenvalue weighted by molar-refractivity contribution is 7.90. The molecule has 1 aliphatic rings. The first kappa shape index (κ1) is 20.3. The number of hydrogen-bond acceptors (Lipinski definition) is 4. The Morgan fingerprint density at radius 2 is 1.71 bits per heavy atom. The second-order valence-corrected chi connectivity index (χ2v) is 9.15. The molecule has 1 fully saturated rings. The lowest BCUT2D eigenvalue weighted by molar-refractivity contribution is -0.0382. The summed E-state index contributed by atoms with van der Waals surface area (Å²) in [6, 6.07) is 10.6. The summed E-state index contributed by atoms with van der Waals surface area (Å²) in [5.74, 6) is -3.34. The standard InChI is InChI=1S/C20H21F2NO4S/c1-28(26,27)18-12-16(6-7-17(18)24)23-19(25)15-4-2-13(3-5-15)14-8-10-20(21,22)11-9-14/h2-7,12,14,24H,8-11H2,1H3,(H,23,25). The molecule has 0 bridgehead atoms. The fourth-order valence-corrected chi connectivity index (χ4v) is 4.16. The van der Waals surface area contributed by atoms with Gasteiger partial charge in [0, 0.05) is 30.3 Å². The molecule has 150 valence electrons. The van der Waals surface area contributed by atoms with Crippen molar-refractivity contribution in [1.82, 2.24) is 0 Å². The van der Waals surface area contributed by atoms with Gasteiger partial charge in [-0.2, -0.15) is 0 Å². The van der Waals surface area contributed by atoms with Gasteiger partial charge in [-0.25, -0.2) is 17.2 Å². The molecule has 1 amide bonds. The fraction of sp³-hybridized carbons (Fsp3) is 0.350. The number of sulfone groups is 1. The van der Waals surface area contributed by atoms with Crippen LogP contribution in [0.4, 0.5) is 14.5 Å². The third-order valence-corrected chi connectivity index (χ3v) is 6.10. The second kappa shape index (κ2) is 7.50. The van der Waals surface area contributed by atoms with Crippen molar-refractivity contribution in [2.24, 2.45) is 0 Å². The van der Waals surface area contributed by atoms with Crippen molar-refractivity contribution in [2.75, 3.05) is 11.6 Å². The summed E-state index contributed by atoms with van der Waals surface area (Å²) >= 11 is 0. The third kappa shape index (κ3) is 4.67. The predicted octanol–water partition coefficient (Wildman–Crippen LogP) is 4.34. The molecule has 1 aliphatic carbocycles. The number of aromatic hydroxyl groups is 1. The van der Waals surface area contributed by atoms with Crippen LogP contribution >= 0.6 is 0 Å². The van der Waals surface area contributed by atoms with E-state index in [9.17, 15) is 27.1 Å². The Labute approximate surface area is 162 Å². The quantitative estimate of drug-likeness (QED) is 0.736. The molecular weight excluding hydrogens is 388 g/mol. The smallest absolute Gasteiger partial charge is 0.255 e. The number of nitrogens with one attached hydrogen (secondary N) is 1. The van der Waals surface area contributed by atoms with Crippen molar-refractivity contribution in [3.8, 4) is 5.75 Å². The molecule has 0 spiro atoms. The highest BCUT2D eigenvalue weighted by Gasteiger charge is 2.35. The van der Waals surface area contributed by atoms with Crippen LogP contribution < -0.4 is 5.32 Å². The molecule has 2 N–H and O–H groups in total. The number of hydrogen-bond donors (Lipinski definition) is 2. The molecule has 0 heterocycles. The number of benzene rings is 2. The van der Waals surface area contributed by atoms with Crippen LogP contribution in [0.5, 0.6) is 5.75 Å². The molecule has 0 saturated heterocycles. The van der Waals surface area contributed by atoms with Crippen molar-refractivity contribution in [2.45, 2.75) is 42.4 Å². The monoisotopic (exact) mass is 409 g/mol. The van der Waals surface area contributed by atoms with Gasteiger partial charge in [-0.15, -0.1) is 0 Å². The van der Waals surface area contributed by atoms with Crippen LogP contribution in [0.25, 0.3) is 0 Å². The van der Waals surface area contributed by atoms with Crippen LogP contribution in [0, 0.1) is 0 Å². The van der Waals surface area contributed by atoms with Gasteiger partial charge in [0.25, 0.3) is 5.91 Å². The van der Waals surface area contributed by atoms with Gasteiger partial charge in [-0.3, -0.25) is 4.79 Å². The van der Waals surface area contributed by atoms with Gasteiger partial charge < -0.3 is 10.4 Å². The molecule has 2 aromatic carbocycles. The SMILES string of the molecule is CS(=O)(=O)c1cc(NC(=O)c2ccc(C3CCC(F)(F)CC3)cc2)ccc1O. The first-order chi connectivity index (χ1) is 13.0. The maximum atomic E-state index is 13.3. The first-order valence-electron chi connectivity index (χ1n) is 8.87. The number of phenols is 1. The van der Waals surface area contributed by atoms with Crippen LogP contribution in [0.3, 0.4) is 0 Å². The number of carbonyl (C=O) groups excluding carboxylic acids is 1. The predicted molar refractivity (Wildman–Crippen MR) is 102 cm³/mol. The highest BCUT2D eigenvalue weighted by Crippen LogP contribution is 2.40. The lowest BCUT2D eigenvalue weighted by atomic mass is 9.82. The number of halogens is 2. The lowest BCUT2D eigenvalue weighted by Crippen LogP contribution is -2.23. The number of carbonyl (C=O) groups is 1. The maximum Gasteiger partial charge on any atom is 0.255 e. The molecule has 8 heteroatoms. The van der Waals surface area contributed by atoms with Crippen LogP contribution in [0.1, 0.15) is 47.5 Å². The minimum Gasteiger partial charge on any atom is -0.507 e. The molecule has 2 aromatic rings. The Balaban J connectivity index is 1.70. The minimum absolute atomic E-state index is 0.0613. The summed E-state index contributed by atoms with van der Waals surface area (Å²) in [5.41, 5.74) is 1.52. The Hall–Kier alpha value is -2.48. The van der Waals surface area contributed by atoms with Crippen LogP contribution in [-0.4, -0.2) is 31.6 Å². The summed E-state index contributed by atoms with van der Waals surface area (Å²) in [7, 11) is -3.64. The third-order valence-electron chi connectivity index (χ3n) is 4.98. The van der Waals surface area contributed by atoms with Crippen molar-refractivity contribution in [3.63, 3.8) is 0 Å². The minimum atomic E-state index is -3.64. The van der Waals surface area contributed by atoms with E-state index in [4.69, 9.17) is 0 Å². The van der Waals surface area contributed by atoms with Gasteiger partial charge in [0.15, 0.2) is 9.84 Å². The second-order valence-electron chi connectivity index (χ2n) is 7.16.